The molecule has 1 saturated heterocycles. The largest absolute Gasteiger partial charge is 0.337 e. The third kappa shape index (κ3) is 3.97. The minimum Gasteiger partial charge on any atom is -0.337 e. The van der Waals surface area contributed by atoms with Crippen LogP contribution in [0.1, 0.15) is 35.9 Å². The van der Waals surface area contributed by atoms with E-state index in [9.17, 15) is 4.79 Å². The van der Waals surface area contributed by atoms with Crippen LogP contribution in [-0.2, 0) is 13.1 Å². The maximum absolute atomic E-state index is 12.6. The highest BCUT2D eigenvalue weighted by molar-refractivity contribution is 5.94. The molecule has 7 heteroatoms. The fraction of sp³-hybridized carbons (Fsp3) is 0.529. The maximum Gasteiger partial charge on any atom is 0.253 e. The van der Waals surface area contributed by atoms with Crippen LogP contribution in [-0.4, -0.2) is 62.1 Å². The first-order chi connectivity index (χ1) is 11.8. The number of benzene rings is 1. The lowest BCUT2D eigenvalue weighted by Gasteiger charge is -2.21. The van der Waals surface area contributed by atoms with Gasteiger partial charge in [-0.1, -0.05) is 25.1 Å². The van der Waals surface area contributed by atoms with Crippen molar-refractivity contribution >= 4 is 5.91 Å². The maximum atomic E-state index is 12.6. The average molecular weight is 328 g/mol. The summed E-state index contributed by atoms with van der Waals surface area (Å²) >= 11 is 0. The topological polar surface area (TPSA) is 67.2 Å². The van der Waals surface area contributed by atoms with Crippen molar-refractivity contribution in [3.05, 3.63) is 41.7 Å². The number of rotatable bonds is 5. The first-order valence-electron chi connectivity index (χ1n) is 8.59. The molecule has 1 aromatic carbocycles. The Kier molecular flexibility index (Phi) is 5.53. The SMILES string of the molecule is CCCn1nnnc1CN1CCCN(C(=O)c2ccccc2)CC1. The van der Waals surface area contributed by atoms with Gasteiger partial charge in [0.2, 0.25) is 0 Å². The first kappa shape index (κ1) is 16.6. The molecule has 0 atom stereocenters. The first-order valence-corrected chi connectivity index (χ1v) is 8.59. The fourth-order valence-electron chi connectivity index (χ4n) is 3.02. The zero-order chi connectivity index (χ0) is 16.8. The van der Waals surface area contributed by atoms with Crippen molar-refractivity contribution in [3.8, 4) is 0 Å². The molecule has 0 spiro atoms. The second-order valence-electron chi connectivity index (χ2n) is 6.11. The minimum absolute atomic E-state index is 0.119. The third-order valence-electron chi connectivity index (χ3n) is 4.30. The van der Waals surface area contributed by atoms with Crippen molar-refractivity contribution in [2.45, 2.75) is 32.9 Å². The fourth-order valence-corrected chi connectivity index (χ4v) is 3.02. The van der Waals surface area contributed by atoms with E-state index in [-0.39, 0.29) is 5.91 Å². The Labute approximate surface area is 142 Å². The molecule has 2 aromatic rings. The molecule has 0 bridgehead atoms. The number of tetrazole rings is 1. The molecule has 1 amide bonds. The Bertz CT molecular complexity index is 656. The third-order valence-corrected chi connectivity index (χ3v) is 4.30. The standard InChI is InChI=1S/C17H24N6O/c1-2-9-23-16(18-19-20-23)14-21-10-6-11-22(13-12-21)17(24)15-7-4-3-5-8-15/h3-5,7-8H,2,6,9-14H2,1H3. The molecule has 0 unspecified atom stereocenters. The van der Waals surface area contributed by atoms with Gasteiger partial charge in [-0.15, -0.1) is 5.10 Å². The van der Waals surface area contributed by atoms with Gasteiger partial charge in [-0.3, -0.25) is 9.69 Å². The Hall–Kier alpha value is -2.28. The summed E-state index contributed by atoms with van der Waals surface area (Å²) in [6, 6.07) is 9.50. The summed E-state index contributed by atoms with van der Waals surface area (Å²) in [7, 11) is 0. The number of aryl methyl sites for hydroxylation is 1. The molecule has 128 valence electrons. The van der Waals surface area contributed by atoms with Gasteiger partial charge in [0.1, 0.15) is 0 Å². The van der Waals surface area contributed by atoms with Crippen LogP contribution >= 0.6 is 0 Å². The summed E-state index contributed by atoms with van der Waals surface area (Å²) in [5.41, 5.74) is 0.762. The van der Waals surface area contributed by atoms with Gasteiger partial charge in [0.15, 0.2) is 5.82 Å². The quantitative estimate of drug-likeness (QED) is 0.831. The van der Waals surface area contributed by atoms with Crippen LogP contribution in [0, 0.1) is 0 Å². The van der Waals surface area contributed by atoms with Crippen LogP contribution in [0.3, 0.4) is 0 Å². The van der Waals surface area contributed by atoms with E-state index in [1.807, 2.05) is 39.9 Å². The molecule has 2 heterocycles. The van der Waals surface area contributed by atoms with Crippen LogP contribution in [0.5, 0.6) is 0 Å². The molecule has 0 radical (unpaired) electrons. The van der Waals surface area contributed by atoms with Crippen molar-refractivity contribution in [1.82, 2.24) is 30.0 Å². The van der Waals surface area contributed by atoms with Crippen LogP contribution in [0.25, 0.3) is 0 Å². The smallest absolute Gasteiger partial charge is 0.253 e. The molecule has 1 fully saturated rings. The molecular weight excluding hydrogens is 304 g/mol. The van der Waals surface area contributed by atoms with E-state index in [0.29, 0.717) is 0 Å². The highest BCUT2D eigenvalue weighted by Crippen LogP contribution is 2.11. The summed E-state index contributed by atoms with van der Waals surface area (Å²) in [6.45, 7) is 7.03. The van der Waals surface area contributed by atoms with Gasteiger partial charge >= 0.3 is 0 Å². The van der Waals surface area contributed by atoms with Crippen molar-refractivity contribution in [1.29, 1.82) is 0 Å². The number of carbonyl (C=O) groups is 1. The van der Waals surface area contributed by atoms with Crippen molar-refractivity contribution in [2.75, 3.05) is 26.2 Å². The van der Waals surface area contributed by atoms with Gasteiger partial charge in [-0.25, -0.2) is 4.68 Å². The summed E-state index contributed by atoms with van der Waals surface area (Å²) in [4.78, 5) is 16.9. The highest BCUT2D eigenvalue weighted by Gasteiger charge is 2.21. The minimum atomic E-state index is 0.119. The average Bonchev–Trinajstić information content (AvgIpc) is 2.91. The molecule has 0 N–H and O–H groups in total. The Morgan fingerprint density at radius 3 is 2.75 bits per heavy atom. The zero-order valence-electron chi connectivity index (χ0n) is 14.1. The summed E-state index contributed by atoms with van der Waals surface area (Å²) in [5.74, 6) is 1.02. The van der Waals surface area contributed by atoms with Gasteiger partial charge in [0, 0.05) is 38.3 Å². The predicted molar refractivity (Wildman–Crippen MR) is 90.3 cm³/mol. The summed E-state index contributed by atoms with van der Waals surface area (Å²) < 4.78 is 1.87. The van der Waals surface area contributed by atoms with Gasteiger partial charge in [-0.2, -0.15) is 0 Å². The van der Waals surface area contributed by atoms with Crippen LogP contribution < -0.4 is 0 Å². The predicted octanol–water partition coefficient (Wildman–Crippen LogP) is 1.43. The van der Waals surface area contributed by atoms with E-state index in [1.165, 1.54) is 0 Å². The molecule has 0 aliphatic carbocycles. The lowest BCUT2D eigenvalue weighted by Crippen LogP contribution is -2.35. The molecule has 1 aromatic heterocycles. The Balaban J connectivity index is 1.59. The summed E-state index contributed by atoms with van der Waals surface area (Å²) in [5, 5.41) is 12.0. The number of aromatic nitrogens is 4. The van der Waals surface area contributed by atoms with Gasteiger partial charge in [0.25, 0.3) is 5.91 Å². The molecule has 1 aliphatic rings. The van der Waals surface area contributed by atoms with E-state index >= 15 is 0 Å². The molecule has 24 heavy (non-hydrogen) atoms. The normalized spacial score (nSPS) is 16.1. The molecule has 3 rings (SSSR count). The number of amides is 1. The molecule has 7 nitrogen and oxygen atoms in total. The second-order valence-corrected chi connectivity index (χ2v) is 6.11. The van der Waals surface area contributed by atoms with E-state index in [0.717, 1.165) is 63.5 Å². The van der Waals surface area contributed by atoms with Crippen molar-refractivity contribution in [3.63, 3.8) is 0 Å². The van der Waals surface area contributed by atoms with Crippen molar-refractivity contribution in [2.24, 2.45) is 0 Å². The Morgan fingerprint density at radius 1 is 1.12 bits per heavy atom. The van der Waals surface area contributed by atoms with E-state index in [4.69, 9.17) is 0 Å². The van der Waals surface area contributed by atoms with E-state index < -0.39 is 0 Å². The Morgan fingerprint density at radius 2 is 1.96 bits per heavy atom. The number of nitrogens with zero attached hydrogens (tertiary/aromatic N) is 6. The second kappa shape index (κ2) is 8.01. The zero-order valence-corrected chi connectivity index (χ0v) is 14.1. The van der Waals surface area contributed by atoms with Gasteiger partial charge in [-0.05, 0) is 35.4 Å². The molecule has 1 aliphatic heterocycles. The highest BCUT2D eigenvalue weighted by atomic mass is 16.2. The van der Waals surface area contributed by atoms with Crippen LogP contribution in [0.4, 0.5) is 0 Å². The van der Waals surface area contributed by atoms with Gasteiger partial charge in [0.05, 0.1) is 6.54 Å². The summed E-state index contributed by atoms with van der Waals surface area (Å²) in [6.07, 6.45) is 1.98. The van der Waals surface area contributed by atoms with Crippen LogP contribution in [0.15, 0.2) is 30.3 Å². The number of hydrogen-bond acceptors (Lipinski definition) is 5. The van der Waals surface area contributed by atoms with Crippen LogP contribution in [0.2, 0.25) is 0 Å². The van der Waals surface area contributed by atoms with Gasteiger partial charge < -0.3 is 4.90 Å². The van der Waals surface area contributed by atoms with E-state index in [2.05, 4.69) is 27.3 Å². The molecular formula is C17H24N6O. The lowest BCUT2D eigenvalue weighted by atomic mass is 10.2. The number of hydrogen-bond donors (Lipinski definition) is 0. The number of carbonyl (C=O) groups excluding carboxylic acids is 1. The lowest BCUT2D eigenvalue weighted by molar-refractivity contribution is 0.0761. The molecule has 0 saturated carbocycles. The van der Waals surface area contributed by atoms with Crippen molar-refractivity contribution < 1.29 is 4.79 Å². The monoisotopic (exact) mass is 328 g/mol. The van der Waals surface area contributed by atoms with E-state index in [1.54, 1.807) is 0 Å².